The molecule has 0 fully saturated rings. The van der Waals surface area contributed by atoms with Gasteiger partial charge < -0.3 is 14.7 Å². The fraction of sp³-hybridized carbons (Fsp3) is 0.118. The molecule has 0 saturated heterocycles. The molecule has 8 heteroatoms. The number of hydrogen-bond acceptors (Lipinski definition) is 6. The van der Waals surface area contributed by atoms with Gasteiger partial charge in [0.2, 0.25) is 0 Å². The van der Waals surface area contributed by atoms with Gasteiger partial charge in [0.15, 0.2) is 6.20 Å². The van der Waals surface area contributed by atoms with Crippen molar-refractivity contribution in [2.75, 3.05) is 0 Å². The van der Waals surface area contributed by atoms with E-state index in [4.69, 9.17) is 9.47 Å². The Hall–Kier alpha value is -3.00. The topological polar surface area (TPSA) is 75.4 Å². The van der Waals surface area contributed by atoms with Crippen LogP contribution in [0.25, 0.3) is 0 Å². The third-order valence-corrected chi connectivity index (χ3v) is 4.03. The van der Waals surface area contributed by atoms with Crippen LogP contribution < -0.4 is 9.47 Å². The Bertz CT molecular complexity index is 867. The van der Waals surface area contributed by atoms with Gasteiger partial charge in [-0.05, 0) is 30.3 Å². The second-order valence-electron chi connectivity index (χ2n) is 4.96. The smallest absolute Gasteiger partial charge is 0.405 e. The molecule has 2 heterocycles. The number of rotatable bonds is 6. The van der Waals surface area contributed by atoms with Crippen LogP contribution in [0.15, 0.2) is 54.0 Å². The lowest BCUT2D eigenvalue weighted by Gasteiger charge is -2.04. The molecule has 3 aromatic rings. The van der Waals surface area contributed by atoms with Gasteiger partial charge in [-0.1, -0.05) is 0 Å². The van der Waals surface area contributed by atoms with Gasteiger partial charge >= 0.3 is 11.7 Å². The first-order chi connectivity index (χ1) is 12.1. The number of hydrogen-bond donors (Lipinski definition) is 0. The van der Waals surface area contributed by atoms with E-state index in [9.17, 15) is 14.4 Å². The molecular formula is C17H13FN2O4S. The summed E-state index contributed by atoms with van der Waals surface area (Å²) >= 11 is 1.35. The number of ether oxygens (including phenoxy) is 2. The first kappa shape index (κ1) is 16.8. The SMILES string of the molecule is O=C(OCc1csc(COc2ccc(F)cc2)n1)c1cccc[n+]1[O-]. The summed E-state index contributed by atoms with van der Waals surface area (Å²) in [4.78, 5) is 16.1. The van der Waals surface area contributed by atoms with Crippen LogP contribution in [-0.4, -0.2) is 11.0 Å². The van der Waals surface area contributed by atoms with Gasteiger partial charge in [-0.2, -0.15) is 4.73 Å². The van der Waals surface area contributed by atoms with Crippen LogP contribution in [0, 0.1) is 11.0 Å². The van der Waals surface area contributed by atoms with Gasteiger partial charge in [0.25, 0.3) is 0 Å². The Kier molecular flexibility index (Phi) is 5.20. The maximum atomic E-state index is 12.8. The van der Waals surface area contributed by atoms with Crippen LogP contribution >= 0.6 is 11.3 Å². The molecule has 128 valence electrons. The maximum absolute atomic E-state index is 12.8. The number of aromatic nitrogens is 2. The van der Waals surface area contributed by atoms with Crippen LogP contribution in [-0.2, 0) is 18.0 Å². The van der Waals surface area contributed by atoms with Gasteiger partial charge in [-0.15, -0.1) is 11.3 Å². The largest absolute Gasteiger partial charge is 0.618 e. The number of pyridine rings is 1. The van der Waals surface area contributed by atoms with E-state index in [0.717, 1.165) is 0 Å². The molecular weight excluding hydrogens is 347 g/mol. The summed E-state index contributed by atoms with van der Waals surface area (Å²) in [6.45, 7) is 0.185. The van der Waals surface area contributed by atoms with Crippen molar-refractivity contribution in [1.82, 2.24) is 4.98 Å². The van der Waals surface area contributed by atoms with Crippen LogP contribution in [0.1, 0.15) is 21.2 Å². The molecule has 0 atom stereocenters. The molecule has 0 amide bonds. The van der Waals surface area contributed by atoms with Crippen molar-refractivity contribution in [3.63, 3.8) is 0 Å². The minimum absolute atomic E-state index is 0.0409. The average molecular weight is 360 g/mol. The molecule has 25 heavy (non-hydrogen) atoms. The van der Waals surface area contributed by atoms with E-state index in [1.54, 1.807) is 11.4 Å². The Morgan fingerprint density at radius 2 is 2.00 bits per heavy atom. The molecule has 0 N–H and O–H groups in total. The molecule has 3 rings (SSSR count). The summed E-state index contributed by atoms with van der Waals surface area (Å²) in [6.07, 6.45) is 1.23. The number of nitrogens with zero attached hydrogens (tertiary/aromatic N) is 2. The first-order valence-electron chi connectivity index (χ1n) is 7.29. The summed E-state index contributed by atoms with van der Waals surface area (Å²) in [5.74, 6) is -0.509. The predicted octanol–water partition coefficient (Wildman–Crippen LogP) is 2.85. The van der Waals surface area contributed by atoms with E-state index in [1.165, 1.54) is 53.9 Å². The fourth-order valence-electron chi connectivity index (χ4n) is 1.96. The highest BCUT2D eigenvalue weighted by atomic mass is 32.1. The lowest BCUT2D eigenvalue weighted by Crippen LogP contribution is -2.34. The van der Waals surface area contributed by atoms with Crippen molar-refractivity contribution in [2.45, 2.75) is 13.2 Å². The standard InChI is InChI=1S/C17H13FN2O4S/c18-12-4-6-14(7-5-12)23-10-16-19-13(11-25-16)9-24-17(21)15-3-1-2-8-20(15)22/h1-8,11H,9-10H2. The van der Waals surface area contributed by atoms with Crippen molar-refractivity contribution in [2.24, 2.45) is 0 Å². The van der Waals surface area contributed by atoms with Crippen LogP contribution in [0.3, 0.4) is 0 Å². The average Bonchev–Trinajstić information content (AvgIpc) is 3.07. The fourth-order valence-corrected chi connectivity index (χ4v) is 2.65. The lowest BCUT2D eigenvalue weighted by molar-refractivity contribution is -0.608. The summed E-state index contributed by atoms with van der Waals surface area (Å²) in [7, 11) is 0. The Morgan fingerprint density at radius 3 is 2.76 bits per heavy atom. The van der Waals surface area contributed by atoms with E-state index in [0.29, 0.717) is 21.2 Å². The number of carbonyl (C=O) groups is 1. The summed E-state index contributed by atoms with van der Waals surface area (Å²) in [5, 5.41) is 13.9. The lowest BCUT2D eigenvalue weighted by atomic mass is 10.3. The molecule has 0 aliphatic carbocycles. The zero-order chi connectivity index (χ0) is 17.6. The number of carbonyl (C=O) groups excluding carboxylic acids is 1. The molecule has 6 nitrogen and oxygen atoms in total. The Morgan fingerprint density at radius 1 is 1.20 bits per heavy atom. The molecule has 0 unspecified atom stereocenters. The predicted molar refractivity (Wildman–Crippen MR) is 87.4 cm³/mol. The van der Waals surface area contributed by atoms with Gasteiger partial charge in [0, 0.05) is 17.5 Å². The first-order valence-corrected chi connectivity index (χ1v) is 8.17. The molecule has 0 radical (unpaired) electrons. The zero-order valence-corrected chi connectivity index (χ0v) is 13.7. The Labute approximate surface area is 146 Å². The van der Waals surface area contributed by atoms with Gasteiger partial charge in [-0.3, -0.25) is 0 Å². The van der Waals surface area contributed by atoms with E-state index >= 15 is 0 Å². The summed E-state index contributed by atoms with van der Waals surface area (Å²) < 4.78 is 23.9. The third-order valence-electron chi connectivity index (χ3n) is 3.16. The highest BCUT2D eigenvalue weighted by Gasteiger charge is 2.17. The van der Waals surface area contributed by atoms with Crippen molar-refractivity contribution in [1.29, 1.82) is 0 Å². The molecule has 0 bridgehead atoms. The van der Waals surface area contributed by atoms with E-state index in [-0.39, 0.29) is 24.7 Å². The quantitative estimate of drug-likeness (QED) is 0.384. The van der Waals surface area contributed by atoms with Crippen molar-refractivity contribution in [3.8, 4) is 5.75 Å². The molecule has 0 spiro atoms. The molecule has 0 saturated carbocycles. The minimum Gasteiger partial charge on any atom is -0.618 e. The van der Waals surface area contributed by atoms with Crippen LogP contribution in [0.4, 0.5) is 4.39 Å². The maximum Gasteiger partial charge on any atom is 0.405 e. The van der Waals surface area contributed by atoms with Gasteiger partial charge in [0.1, 0.15) is 29.8 Å². The molecule has 1 aromatic carbocycles. The van der Waals surface area contributed by atoms with Gasteiger partial charge in [-0.25, -0.2) is 14.2 Å². The van der Waals surface area contributed by atoms with Gasteiger partial charge in [0.05, 0.1) is 5.69 Å². The number of benzene rings is 1. The van der Waals surface area contributed by atoms with Crippen molar-refractivity contribution >= 4 is 17.3 Å². The normalized spacial score (nSPS) is 10.4. The van der Waals surface area contributed by atoms with E-state index < -0.39 is 5.97 Å². The van der Waals surface area contributed by atoms with E-state index in [1.807, 2.05) is 0 Å². The highest BCUT2D eigenvalue weighted by molar-refractivity contribution is 7.09. The van der Waals surface area contributed by atoms with Crippen LogP contribution in [0.5, 0.6) is 5.75 Å². The van der Waals surface area contributed by atoms with Crippen molar-refractivity contribution in [3.05, 3.63) is 81.5 Å². The number of esters is 1. The second-order valence-corrected chi connectivity index (χ2v) is 5.91. The Balaban J connectivity index is 1.52. The second kappa shape index (κ2) is 7.71. The monoisotopic (exact) mass is 360 g/mol. The van der Waals surface area contributed by atoms with E-state index in [2.05, 4.69) is 4.98 Å². The molecule has 2 aromatic heterocycles. The zero-order valence-electron chi connectivity index (χ0n) is 12.9. The highest BCUT2D eigenvalue weighted by Crippen LogP contribution is 2.16. The summed E-state index contributed by atoms with van der Waals surface area (Å²) in [5.41, 5.74) is 0.474. The number of halogens is 1. The molecule has 0 aliphatic heterocycles. The summed E-state index contributed by atoms with van der Waals surface area (Å²) in [6, 6.07) is 10.2. The van der Waals surface area contributed by atoms with Crippen LogP contribution in [0.2, 0.25) is 0 Å². The minimum atomic E-state index is -0.715. The number of thiazole rings is 1. The van der Waals surface area contributed by atoms with Crippen molar-refractivity contribution < 1.29 is 23.4 Å². The molecule has 0 aliphatic rings. The third kappa shape index (κ3) is 4.51.